The van der Waals surface area contributed by atoms with Crippen LogP contribution in [0.25, 0.3) is 0 Å². The average molecular weight is 493 g/mol. The van der Waals surface area contributed by atoms with Crippen LogP contribution >= 0.6 is 0 Å². The second-order valence-corrected chi connectivity index (χ2v) is 9.16. The first-order chi connectivity index (χ1) is 16.4. The van der Waals surface area contributed by atoms with E-state index in [0.29, 0.717) is 18.7 Å². The molecule has 2 aliphatic heterocycles. The van der Waals surface area contributed by atoms with E-state index in [9.17, 15) is 27.6 Å². The SMILES string of the molecule is C=CCN1C(=O)N[C@H](c2ccccc2C(F)(F)F)C2=C1CN([C@@H](CC(C)C)C(=O)N(C)CC)C2=O. The fourth-order valence-electron chi connectivity index (χ4n) is 4.55. The molecule has 2 aliphatic rings. The topological polar surface area (TPSA) is 73.0 Å². The van der Waals surface area contributed by atoms with E-state index in [4.69, 9.17) is 0 Å². The van der Waals surface area contributed by atoms with E-state index in [2.05, 4.69) is 11.9 Å². The highest BCUT2D eigenvalue weighted by Crippen LogP contribution is 2.42. The van der Waals surface area contributed by atoms with Crippen molar-refractivity contribution in [2.75, 3.05) is 26.7 Å². The van der Waals surface area contributed by atoms with E-state index in [0.717, 1.165) is 6.07 Å². The Kier molecular flexibility index (Phi) is 7.62. The summed E-state index contributed by atoms with van der Waals surface area (Å²) in [7, 11) is 1.64. The molecule has 190 valence electrons. The molecule has 0 bridgehead atoms. The van der Waals surface area contributed by atoms with Crippen LogP contribution < -0.4 is 5.32 Å². The van der Waals surface area contributed by atoms with Crippen LogP contribution in [0.5, 0.6) is 0 Å². The van der Waals surface area contributed by atoms with Gasteiger partial charge in [-0.1, -0.05) is 38.1 Å². The Morgan fingerprint density at radius 2 is 1.94 bits per heavy atom. The van der Waals surface area contributed by atoms with Gasteiger partial charge in [-0.2, -0.15) is 13.2 Å². The van der Waals surface area contributed by atoms with Gasteiger partial charge in [0, 0.05) is 20.1 Å². The first kappa shape index (κ1) is 26.3. The molecule has 0 spiro atoms. The molecule has 0 unspecified atom stereocenters. The lowest BCUT2D eigenvalue weighted by Gasteiger charge is -2.33. The van der Waals surface area contributed by atoms with Crippen LogP contribution in [0.15, 0.2) is 48.2 Å². The molecule has 3 rings (SSSR count). The third-order valence-corrected chi connectivity index (χ3v) is 6.35. The Morgan fingerprint density at radius 1 is 1.29 bits per heavy atom. The highest BCUT2D eigenvalue weighted by molar-refractivity contribution is 6.03. The van der Waals surface area contributed by atoms with Crippen LogP contribution in [0.2, 0.25) is 0 Å². The van der Waals surface area contributed by atoms with Gasteiger partial charge in [0.15, 0.2) is 0 Å². The summed E-state index contributed by atoms with van der Waals surface area (Å²) in [6.07, 6.45) is -2.83. The number of benzene rings is 1. The van der Waals surface area contributed by atoms with Crippen LogP contribution in [0, 0.1) is 5.92 Å². The van der Waals surface area contributed by atoms with E-state index in [-0.39, 0.29) is 36.1 Å². The summed E-state index contributed by atoms with van der Waals surface area (Å²) < 4.78 is 41.5. The Labute approximate surface area is 203 Å². The van der Waals surface area contributed by atoms with Crippen molar-refractivity contribution in [1.29, 1.82) is 0 Å². The van der Waals surface area contributed by atoms with Gasteiger partial charge in [-0.25, -0.2) is 4.79 Å². The third-order valence-electron chi connectivity index (χ3n) is 6.35. The molecule has 0 aliphatic carbocycles. The zero-order valence-corrected chi connectivity index (χ0v) is 20.4. The van der Waals surface area contributed by atoms with Gasteiger partial charge < -0.3 is 15.1 Å². The molecule has 1 N–H and O–H groups in total. The summed E-state index contributed by atoms with van der Waals surface area (Å²) in [6, 6.07) is 2.15. The number of rotatable bonds is 8. The molecule has 2 heterocycles. The van der Waals surface area contributed by atoms with Crippen molar-refractivity contribution in [1.82, 2.24) is 20.0 Å². The van der Waals surface area contributed by atoms with Gasteiger partial charge in [0.05, 0.1) is 29.4 Å². The molecule has 0 radical (unpaired) electrons. The van der Waals surface area contributed by atoms with Crippen molar-refractivity contribution in [3.05, 3.63) is 59.3 Å². The quantitative estimate of drug-likeness (QED) is 0.559. The van der Waals surface area contributed by atoms with E-state index in [1.54, 1.807) is 7.05 Å². The molecule has 0 fully saturated rings. The second-order valence-electron chi connectivity index (χ2n) is 9.16. The summed E-state index contributed by atoms with van der Waals surface area (Å²) in [5.74, 6) is -0.735. The lowest BCUT2D eigenvalue weighted by Crippen LogP contribution is -2.49. The first-order valence-corrected chi connectivity index (χ1v) is 11.6. The Morgan fingerprint density at radius 3 is 2.51 bits per heavy atom. The van der Waals surface area contributed by atoms with E-state index >= 15 is 0 Å². The Bertz CT molecular complexity index is 1050. The highest BCUT2D eigenvalue weighted by Gasteiger charge is 2.49. The van der Waals surface area contributed by atoms with Gasteiger partial charge in [-0.3, -0.25) is 14.5 Å². The molecule has 0 saturated carbocycles. The van der Waals surface area contributed by atoms with Gasteiger partial charge in [0.1, 0.15) is 6.04 Å². The monoisotopic (exact) mass is 492 g/mol. The van der Waals surface area contributed by atoms with E-state index < -0.39 is 35.8 Å². The summed E-state index contributed by atoms with van der Waals surface area (Å²) >= 11 is 0. The van der Waals surface area contributed by atoms with Crippen LogP contribution in [-0.4, -0.2) is 65.3 Å². The number of hydrogen-bond donors (Lipinski definition) is 1. The summed E-state index contributed by atoms with van der Waals surface area (Å²) in [5.41, 5.74) is -0.807. The largest absolute Gasteiger partial charge is 0.416 e. The number of likely N-dealkylation sites (N-methyl/N-ethyl adjacent to an activating group) is 1. The van der Waals surface area contributed by atoms with Crippen molar-refractivity contribution < 1.29 is 27.6 Å². The lowest BCUT2D eigenvalue weighted by atomic mass is 9.91. The molecule has 2 atom stereocenters. The molecule has 4 amide bonds. The van der Waals surface area contributed by atoms with Gasteiger partial charge in [-0.15, -0.1) is 6.58 Å². The predicted octanol–water partition coefficient (Wildman–Crippen LogP) is 3.95. The van der Waals surface area contributed by atoms with Crippen molar-refractivity contribution >= 4 is 17.8 Å². The number of nitrogens with one attached hydrogen (secondary N) is 1. The number of hydrogen-bond acceptors (Lipinski definition) is 3. The maximum Gasteiger partial charge on any atom is 0.416 e. The predicted molar refractivity (Wildman–Crippen MR) is 125 cm³/mol. The van der Waals surface area contributed by atoms with Crippen LogP contribution in [0.1, 0.15) is 44.4 Å². The summed E-state index contributed by atoms with van der Waals surface area (Å²) in [6.45, 7) is 9.77. The smallest absolute Gasteiger partial charge is 0.344 e. The maximum absolute atomic E-state index is 13.8. The van der Waals surface area contributed by atoms with Gasteiger partial charge in [0.2, 0.25) is 5.91 Å². The maximum atomic E-state index is 13.8. The minimum absolute atomic E-state index is 0.0452. The standard InChI is InChI=1S/C25H31F3N4O3/c1-6-12-31-19-14-32(18(13-15(3)4)22(33)30(5)7-2)23(34)20(19)21(29-24(31)35)16-10-8-9-11-17(16)25(26,27)28/h6,8-11,15,18,21H,1,7,12-14H2,2-5H3,(H,29,35)/t18-,21+/m0/s1. The minimum Gasteiger partial charge on any atom is -0.344 e. The number of carbonyl (C=O) groups is 3. The number of alkyl halides is 3. The molecular weight excluding hydrogens is 461 g/mol. The second kappa shape index (κ2) is 10.1. The van der Waals surface area contributed by atoms with Gasteiger partial charge >= 0.3 is 12.2 Å². The highest BCUT2D eigenvalue weighted by atomic mass is 19.4. The fraction of sp³-hybridized carbons (Fsp3) is 0.480. The first-order valence-electron chi connectivity index (χ1n) is 11.6. The minimum atomic E-state index is -4.68. The normalized spacial score (nSPS) is 19.1. The zero-order valence-electron chi connectivity index (χ0n) is 20.4. The van der Waals surface area contributed by atoms with Crippen LogP contribution in [0.3, 0.4) is 0 Å². The molecule has 0 saturated heterocycles. The van der Waals surface area contributed by atoms with Crippen molar-refractivity contribution in [2.24, 2.45) is 5.92 Å². The summed E-state index contributed by atoms with van der Waals surface area (Å²) in [4.78, 5) is 44.2. The van der Waals surface area contributed by atoms with E-state index in [1.165, 1.54) is 39.0 Å². The number of nitrogens with zero attached hydrogens (tertiary/aromatic N) is 3. The molecule has 0 aromatic heterocycles. The molecular formula is C25H31F3N4O3. The Hall–Kier alpha value is -3.30. The molecule has 10 heteroatoms. The number of amides is 4. The van der Waals surface area contributed by atoms with E-state index in [1.807, 2.05) is 20.8 Å². The van der Waals surface area contributed by atoms with Crippen molar-refractivity contribution in [3.63, 3.8) is 0 Å². The van der Waals surface area contributed by atoms with Crippen LogP contribution in [-0.2, 0) is 15.8 Å². The molecule has 35 heavy (non-hydrogen) atoms. The lowest BCUT2D eigenvalue weighted by molar-refractivity contribution is -0.142. The van der Waals surface area contributed by atoms with Crippen LogP contribution in [0.4, 0.5) is 18.0 Å². The average Bonchev–Trinajstić information content (AvgIpc) is 3.14. The van der Waals surface area contributed by atoms with Gasteiger partial charge in [-0.05, 0) is 30.9 Å². The Balaban J connectivity index is 2.13. The third kappa shape index (κ3) is 5.06. The number of urea groups is 1. The van der Waals surface area contributed by atoms with Crippen molar-refractivity contribution in [3.8, 4) is 0 Å². The molecule has 7 nitrogen and oxygen atoms in total. The van der Waals surface area contributed by atoms with Crippen molar-refractivity contribution in [2.45, 2.75) is 45.5 Å². The number of carbonyl (C=O) groups excluding carboxylic acids is 3. The molecule has 1 aromatic carbocycles. The molecule has 1 aromatic rings. The summed E-state index contributed by atoms with van der Waals surface area (Å²) in [5, 5.41) is 2.58. The zero-order chi connectivity index (χ0) is 26.1. The fourth-order valence-corrected chi connectivity index (χ4v) is 4.55. The van der Waals surface area contributed by atoms with Gasteiger partial charge in [0.25, 0.3) is 5.91 Å². The number of halogens is 3.